The molecule has 1 aromatic heterocycles. The van der Waals surface area contributed by atoms with Gasteiger partial charge >= 0.3 is 0 Å². The summed E-state index contributed by atoms with van der Waals surface area (Å²) >= 11 is 0. The van der Waals surface area contributed by atoms with Gasteiger partial charge in [-0.15, -0.1) is 5.10 Å². The molecule has 2 rings (SSSR count). The van der Waals surface area contributed by atoms with Gasteiger partial charge in [-0.2, -0.15) is 0 Å². The van der Waals surface area contributed by atoms with Crippen LogP contribution in [0.5, 0.6) is 0 Å². The van der Waals surface area contributed by atoms with Crippen molar-refractivity contribution in [2.45, 2.75) is 50.5 Å². The Balaban J connectivity index is 2.10. The van der Waals surface area contributed by atoms with Crippen LogP contribution in [-0.2, 0) is 12.1 Å². The molecule has 0 bridgehead atoms. The van der Waals surface area contributed by atoms with E-state index in [1.807, 2.05) is 0 Å². The number of hydrogen-bond acceptors (Lipinski definition) is 5. The summed E-state index contributed by atoms with van der Waals surface area (Å²) in [5.41, 5.74) is -0.343. The molecular formula is C10H17N3O3. The van der Waals surface area contributed by atoms with E-state index < -0.39 is 11.9 Å². The summed E-state index contributed by atoms with van der Waals surface area (Å²) in [6.45, 7) is -0.0247. The molecular weight excluding hydrogens is 210 g/mol. The maximum Gasteiger partial charge on any atom is 0.171 e. The van der Waals surface area contributed by atoms with Crippen LogP contribution in [-0.4, -0.2) is 36.6 Å². The summed E-state index contributed by atoms with van der Waals surface area (Å²) in [7, 11) is 0. The highest BCUT2D eigenvalue weighted by molar-refractivity contribution is 5.07. The highest BCUT2D eigenvalue weighted by atomic mass is 16.5. The van der Waals surface area contributed by atoms with Gasteiger partial charge in [-0.3, -0.25) is 0 Å². The maximum atomic E-state index is 10.3. The smallest absolute Gasteiger partial charge is 0.171 e. The van der Waals surface area contributed by atoms with Crippen molar-refractivity contribution in [3.63, 3.8) is 0 Å². The molecule has 6 heteroatoms. The van der Waals surface area contributed by atoms with Crippen molar-refractivity contribution < 1.29 is 15.3 Å². The van der Waals surface area contributed by atoms with Crippen LogP contribution in [0.25, 0.3) is 0 Å². The minimum absolute atomic E-state index is 0.0247. The number of hydrogen-bond donors (Lipinski definition) is 3. The quantitative estimate of drug-likeness (QED) is 0.619. The van der Waals surface area contributed by atoms with Gasteiger partial charge in [0.2, 0.25) is 0 Å². The molecule has 1 fully saturated rings. The Kier molecular flexibility index (Phi) is 3.22. The van der Waals surface area contributed by atoms with Gasteiger partial charge in [0, 0.05) is 0 Å². The van der Waals surface area contributed by atoms with E-state index in [1.165, 1.54) is 4.68 Å². The van der Waals surface area contributed by atoms with Gasteiger partial charge in [0.1, 0.15) is 11.3 Å². The zero-order valence-corrected chi connectivity index (χ0v) is 9.08. The molecule has 0 radical (unpaired) electrons. The van der Waals surface area contributed by atoms with Crippen LogP contribution in [0.1, 0.15) is 37.8 Å². The minimum Gasteiger partial charge on any atom is -0.383 e. The molecule has 0 saturated heterocycles. The normalized spacial score (nSPS) is 20.2. The van der Waals surface area contributed by atoms with E-state index in [0.29, 0.717) is 18.5 Å². The molecule has 90 valence electrons. The second-order valence-electron chi connectivity index (χ2n) is 4.40. The topological polar surface area (TPSA) is 91.4 Å². The molecule has 1 saturated carbocycles. The van der Waals surface area contributed by atoms with Gasteiger partial charge in [-0.25, -0.2) is 4.68 Å². The predicted molar refractivity (Wildman–Crippen MR) is 55.2 cm³/mol. The first-order valence-corrected chi connectivity index (χ1v) is 5.59. The molecule has 3 N–H and O–H groups in total. The molecule has 1 aliphatic carbocycles. The SMILES string of the molecule is OC(O)Cn1cc(C2(O)CCCCC2)nn1. The van der Waals surface area contributed by atoms with Crippen molar-refractivity contribution in [2.75, 3.05) is 0 Å². The van der Waals surface area contributed by atoms with Gasteiger partial charge in [-0.1, -0.05) is 24.5 Å². The van der Waals surface area contributed by atoms with Gasteiger partial charge in [-0.05, 0) is 12.8 Å². The number of aromatic nitrogens is 3. The Morgan fingerprint density at radius 2 is 2.00 bits per heavy atom. The van der Waals surface area contributed by atoms with Crippen LogP contribution in [0.4, 0.5) is 0 Å². The second kappa shape index (κ2) is 4.48. The van der Waals surface area contributed by atoms with Crippen LogP contribution in [0.15, 0.2) is 6.20 Å². The number of nitrogens with zero attached hydrogens (tertiary/aromatic N) is 3. The van der Waals surface area contributed by atoms with Crippen molar-refractivity contribution >= 4 is 0 Å². The number of rotatable bonds is 3. The third kappa shape index (κ3) is 2.40. The highest BCUT2D eigenvalue weighted by Crippen LogP contribution is 2.35. The van der Waals surface area contributed by atoms with Crippen molar-refractivity contribution in [1.82, 2.24) is 15.0 Å². The van der Waals surface area contributed by atoms with Crippen molar-refractivity contribution in [3.05, 3.63) is 11.9 Å². The van der Waals surface area contributed by atoms with Crippen LogP contribution >= 0.6 is 0 Å². The lowest BCUT2D eigenvalue weighted by Crippen LogP contribution is -2.28. The fraction of sp³-hybridized carbons (Fsp3) is 0.800. The largest absolute Gasteiger partial charge is 0.383 e. The Morgan fingerprint density at radius 1 is 1.31 bits per heavy atom. The van der Waals surface area contributed by atoms with Crippen LogP contribution in [0, 0.1) is 0 Å². The molecule has 0 atom stereocenters. The first-order valence-electron chi connectivity index (χ1n) is 5.59. The number of aliphatic hydroxyl groups is 3. The van der Waals surface area contributed by atoms with E-state index in [4.69, 9.17) is 10.2 Å². The summed E-state index contributed by atoms with van der Waals surface area (Å²) in [5.74, 6) is 0. The zero-order chi connectivity index (χ0) is 11.6. The molecule has 0 aromatic carbocycles. The Morgan fingerprint density at radius 3 is 2.62 bits per heavy atom. The van der Waals surface area contributed by atoms with E-state index in [1.54, 1.807) is 6.20 Å². The van der Waals surface area contributed by atoms with E-state index in [-0.39, 0.29) is 6.54 Å². The summed E-state index contributed by atoms with van der Waals surface area (Å²) < 4.78 is 1.34. The average Bonchev–Trinajstić information content (AvgIpc) is 2.67. The Hall–Kier alpha value is -0.980. The second-order valence-corrected chi connectivity index (χ2v) is 4.40. The fourth-order valence-corrected chi connectivity index (χ4v) is 2.16. The van der Waals surface area contributed by atoms with Gasteiger partial charge < -0.3 is 15.3 Å². The molecule has 1 aliphatic rings. The standard InChI is InChI=1S/C10H17N3O3/c14-9(15)7-13-6-8(11-12-13)10(16)4-2-1-3-5-10/h6,9,14-16H,1-5,7H2. The van der Waals surface area contributed by atoms with Gasteiger partial charge in [0.05, 0.1) is 12.7 Å². The van der Waals surface area contributed by atoms with Crippen molar-refractivity contribution in [2.24, 2.45) is 0 Å². The van der Waals surface area contributed by atoms with Gasteiger partial charge in [0.25, 0.3) is 0 Å². The van der Waals surface area contributed by atoms with E-state index >= 15 is 0 Å². The molecule has 1 aromatic rings. The third-order valence-corrected chi connectivity index (χ3v) is 3.05. The molecule has 0 aliphatic heterocycles. The molecule has 0 spiro atoms. The number of aliphatic hydroxyl groups excluding tert-OH is 1. The molecule has 16 heavy (non-hydrogen) atoms. The zero-order valence-electron chi connectivity index (χ0n) is 9.08. The lowest BCUT2D eigenvalue weighted by molar-refractivity contribution is -0.0538. The molecule has 0 unspecified atom stereocenters. The van der Waals surface area contributed by atoms with Crippen LogP contribution in [0.3, 0.4) is 0 Å². The molecule has 6 nitrogen and oxygen atoms in total. The first kappa shape index (κ1) is 11.5. The lowest BCUT2D eigenvalue weighted by atomic mass is 9.83. The Bertz CT molecular complexity index is 345. The summed E-state index contributed by atoms with van der Waals surface area (Å²) in [5, 5.41) is 35.6. The van der Waals surface area contributed by atoms with E-state index in [0.717, 1.165) is 19.3 Å². The summed E-state index contributed by atoms with van der Waals surface area (Å²) in [6, 6.07) is 0. The minimum atomic E-state index is -1.45. The van der Waals surface area contributed by atoms with Crippen LogP contribution < -0.4 is 0 Å². The highest BCUT2D eigenvalue weighted by Gasteiger charge is 2.33. The van der Waals surface area contributed by atoms with Crippen LogP contribution in [0.2, 0.25) is 0 Å². The van der Waals surface area contributed by atoms with Crippen molar-refractivity contribution in [3.8, 4) is 0 Å². The lowest BCUT2D eigenvalue weighted by Gasteiger charge is -2.29. The Labute approximate surface area is 93.5 Å². The van der Waals surface area contributed by atoms with Crippen molar-refractivity contribution in [1.29, 1.82) is 0 Å². The summed E-state index contributed by atoms with van der Waals surface area (Å²) in [6.07, 6.45) is 4.67. The fourth-order valence-electron chi connectivity index (χ4n) is 2.16. The van der Waals surface area contributed by atoms with Gasteiger partial charge in [0.15, 0.2) is 6.29 Å². The predicted octanol–water partition coefficient (Wildman–Crippen LogP) is -0.260. The first-order chi connectivity index (χ1) is 7.60. The van der Waals surface area contributed by atoms with E-state index in [9.17, 15) is 5.11 Å². The van der Waals surface area contributed by atoms with E-state index in [2.05, 4.69) is 10.3 Å². The maximum absolute atomic E-state index is 10.3. The third-order valence-electron chi connectivity index (χ3n) is 3.05. The average molecular weight is 227 g/mol. The molecule has 1 heterocycles. The monoisotopic (exact) mass is 227 g/mol. The molecule has 0 amide bonds. The summed E-state index contributed by atoms with van der Waals surface area (Å²) in [4.78, 5) is 0.